The molecule has 7 heteroatoms. The lowest BCUT2D eigenvalue weighted by atomic mass is 9.90. The summed E-state index contributed by atoms with van der Waals surface area (Å²) in [5.41, 5.74) is 1.71. The first-order valence-corrected chi connectivity index (χ1v) is 6.81. The summed E-state index contributed by atoms with van der Waals surface area (Å²) >= 11 is 0. The molecule has 1 atom stereocenters. The minimum Gasteiger partial charge on any atom is -0.382 e. The first-order chi connectivity index (χ1) is 9.58. The number of nitrogens with zero attached hydrogens (tertiary/aromatic N) is 4. The lowest BCUT2D eigenvalue weighted by molar-refractivity contribution is -0.0415. The van der Waals surface area contributed by atoms with E-state index in [1.165, 1.54) is 0 Å². The van der Waals surface area contributed by atoms with Gasteiger partial charge in [0, 0.05) is 18.7 Å². The van der Waals surface area contributed by atoms with Crippen molar-refractivity contribution >= 4 is 0 Å². The Balaban J connectivity index is 1.76. The highest BCUT2D eigenvalue weighted by Crippen LogP contribution is 2.31. The molecule has 7 nitrogen and oxygen atoms in total. The summed E-state index contributed by atoms with van der Waals surface area (Å²) in [6.07, 6.45) is 3.23. The summed E-state index contributed by atoms with van der Waals surface area (Å²) in [7, 11) is 0. The number of aromatic amines is 1. The average Bonchev–Trinajstić information content (AvgIpc) is 3.05. The van der Waals surface area contributed by atoms with Gasteiger partial charge in [0.05, 0.1) is 11.9 Å². The minimum absolute atomic E-state index is 0.545. The fraction of sp³-hybridized carbons (Fsp3) is 0.615. The van der Waals surface area contributed by atoms with E-state index < -0.39 is 5.60 Å². The molecule has 108 valence electrons. The van der Waals surface area contributed by atoms with Crippen LogP contribution in [-0.4, -0.2) is 43.7 Å². The quantitative estimate of drug-likeness (QED) is 0.866. The van der Waals surface area contributed by atoms with Gasteiger partial charge in [0.15, 0.2) is 0 Å². The predicted octanol–water partition coefficient (Wildman–Crippen LogP) is 0.893. The van der Waals surface area contributed by atoms with E-state index in [-0.39, 0.29) is 0 Å². The zero-order chi connectivity index (χ0) is 14.2. The van der Waals surface area contributed by atoms with E-state index >= 15 is 0 Å². The third kappa shape index (κ3) is 2.34. The first kappa shape index (κ1) is 13.3. The van der Waals surface area contributed by atoms with E-state index in [1.807, 2.05) is 13.8 Å². The summed E-state index contributed by atoms with van der Waals surface area (Å²) in [6, 6.07) is 0. The maximum atomic E-state index is 10.8. The SMILES string of the molecule is Cc1noc(C)c1CN1CCCC(O)(c2cn[nH]n2)C1. The van der Waals surface area contributed by atoms with E-state index in [2.05, 4.69) is 25.5 Å². The zero-order valence-electron chi connectivity index (χ0n) is 11.8. The average molecular weight is 277 g/mol. The fourth-order valence-electron chi connectivity index (χ4n) is 2.84. The van der Waals surface area contributed by atoms with Crippen molar-refractivity contribution < 1.29 is 9.63 Å². The Kier molecular flexibility index (Phi) is 3.31. The number of aromatic nitrogens is 4. The molecule has 3 heterocycles. The van der Waals surface area contributed by atoms with Crippen LogP contribution in [0.3, 0.4) is 0 Å². The molecule has 0 amide bonds. The highest BCUT2D eigenvalue weighted by molar-refractivity contribution is 5.21. The molecule has 0 saturated carbocycles. The molecule has 2 aromatic heterocycles. The molecule has 1 fully saturated rings. The van der Waals surface area contributed by atoms with E-state index in [1.54, 1.807) is 6.20 Å². The normalized spacial score (nSPS) is 24.1. The summed E-state index contributed by atoms with van der Waals surface area (Å²) < 4.78 is 5.19. The Morgan fingerprint density at radius 1 is 1.50 bits per heavy atom. The van der Waals surface area contributed by atoms with Crippen LogP contribution in [0.1, 0.15) is 35.6 Å². The van der Waals surface area contributed by atoms with Crippen molar-refractivity contribution in [3.05, 3.63) is 28.9 Å². The molecule has 3 rings (SSSR count). The van der Waals surface area contributed by atoms with Gasteiger partial charge in [-0.3, -0.25) is 4.90 Å². The van der Waals surface area contributed by atoms with Crippen molar-refractivity contribution in [2.24, 2.45) is 0 Å². The number of hydrogen-bond donors (Lipinski definition) is 2. The van der Waals surface area contributed by atoms with Crippen LogP contribution in [0, 0.1) is 13.8 Å². The molecule has 2 aromatic rings. The maximum absolute atomic E-state index is 10.8. The molecule has 1 aliphatic heterocycles. The van der Waals surface area contributed by atoms with Gasteiger partial charge in [-0.25, -0.2) is 0 Å². The Morgan fingerprint density at radius 2 is 2.35 bits per heavy atom. The van der Waals surface area contributed by atoms with Gasteiger partial charge < -0.3 is 9.63 Å². The molecule has 0 aromatic carbocycles. The van der Waals surface area contributed by atoms with Gasteiger partial charge in [0.2, 0.25) is 0 Å². The highest BCUT2D eigenvalue weighted by atomic mass is 16.5. The lowest BCUT2D eigenvalue weighted by Crippen LogP contribution is -2.46. The number of hydrogen-bond acceptors (Lipinski definition) is 6. The molecule has 1 aliphatic rings. The molecule has 2 N–H and O–H groups in total. The molecule has 0 aliphatic carbocycles. The molecule has 0 spiro atoms. The molecule has 1 unspecified atom stereocenters. The molecule has 1 saturated heterocycles. The minimum atomic E-state index is -0.926. The van der Waals surface area contributed by atoms with Crippen molar-refractivity contribution in [2.75, 3.05) is 13.1 Å². The Morgan fingerprint density at radius 3 is 3.00 bits per heavy atom. The Bertz CT molecular complexity index is 560. The van der Waals surface area contributed by atoms with Crippen molar-refractivity contribution in [3.8, 4) is 0 Å². The largest absolute Gasteiger partial charge is 0.382 e. The molecule has 0 bridgehead atoms. The molecular weight excluding hydrogens is 258 g/mol. The number of nitrogens with one attached hydrogen (secondary N) is 1. The van der Waals surface area contributed by atoms with Crippen LogP contribution in [0.15, 0.2) is 10.7 Å². The second kappa shape index (κ2) is 4.99. The Hall–Kier alpha value is -1.73. The van der Waals surface area contributed by atoms with Crippen LogP contribution < -0.4 is 0 Å². The molecular formula is C13H19N5O2. The maximum Gasteiger partial charge on any atom is 0.138 e. The van der Waals surface area contributed by atoms with Gasteiger partial charge in [-0.2, -0.15) is 15.4 Å². The van der Waals surface area contributed by atoms with E-state index in [4.69, 9.17) is 4.52 Å². The van der Waals surface area contributed by atoms with Crippen LogP contribution in [0.5, 0.6) is 0 Å². The van der Waals surface area contributed by atoms with E-state index in [0.717, 1.165) is 36.5 Å². The van der Waals surface area contributed by atoms with Crippen LogP contribution in [-0.2, 0) is 12.1 Å². The fourth-order valence-corrected chi connectivity index (χ4v) is 2.84. The zero-order valence-corrected chi connectivity index (χ0v) is 11.8. The monoisotopic (exact) mass is 277 g/mol. The number of likely N-dealkylation sites (tertiary alicyclic amines) is 1. The number of rotatable bonds is 3. The number of aliphatic hydroxyl groups is 1. The smallest absolute Gasteiger partial charge is 0.138 e. The predicted molar refractivity (Wildman–Crippen MR) is 70.8 cm³/mol. The summed E-state index contributed by atoms with van der Waals surface area (Å²) in [5, 5.41) is 25.1. The van der Waals surface area contributed by atoms with Crippen LogP contribution in [0.2, 0.25) is 0 Å². The topological polar surface area (TPSA) is 91.1 Å². The van der Waals surface area contributed by atoms with Gasteiger partial charge in [0.25, 0.3) is 0 Å². The number of H-pyrrole nitrogens is 1. The van der Waals surface area contributed by atoms with Gasteiger partial charge in [-0.1, -0.05) is 5.16 Å². The second-order valence-corrected chi connectivity index (χ2v) is 5.50. The number of aryl methyl sites for hydroxylation is 2. The molecule has 0 radical (unpaired) electrons. The summed E-state index contributed by atoms with van der Waals surface area (Å²) in [5.74, 6) is 0.845. The summed E-state index contributed by atoms with van der Waals surface area (Å²) in [4.78, 5) is 2.21. The van der Waals surface area contributed by atoms with Crippen molar-refractivity contribution in [2.45, 2.75) is 38.8 Å². The first-order valence-electron chi connectivity index (χ1n) is 6.81. The van der Waals surface area contributed by atoms with Gasteiger partial charge in [-0.05, 0) is 33.2 Å². The summed E-state index contributed by atoms with van der Waals surface area (Å²) in [6.45, 7) is 6.10. The number of piperidine rings is 1. The van der Waals surface area contributed by atoms with E-state index in [9.17, 15) is 5.11 Å². The van der Waals surface area contributed by atoms with Crippen molar-refractivity contribution in [1.29, 1.82) is 0 Å². The standard InChI is InChI=1S/C13H19N5O2/c1-9-11(10(2)20-16-9)7-18-5-3-4-13(19,8-18)12-6-14-17-15-12/h6,19H,3-5,7-8H2,1-2H3,(H,14,15,17). The van der Waals surface area contributed by atoms with Crippen molar-refractivity contribution in [1.82, 2.24) is 25.5 Å². The van der Waals surface area contributed by atoms with Crippen LogP contribution >= 0.6 is 0 Å². The van der Waals surface area contributed by atoms with Crippen molar-refractivity contribution in [3.63, 3.8) is 0 Å². The van der Waals surface area contributed by atoms with Crippen LogP contribution in [0.25, 0.3) is 0 Å². The van der Waals surface area contributed by atoms with Gasteiger partial charge in [0.1, 0.15) is 17.1 Å². The Labute approximate surface area is 117 Å². The van der Waals surface area contributed by atoms with E-state index in [0.29, 0.717) is 18.7 Å². The second-order valence-electron chi connectivity index (χ2n) is 5.50. The molecule has 20 heavy (non-hydrogen) atoms. The third-order valence-corrected chi connectivity index (χ3v) is 4.00. The highest BCUT2D eigenvalue weighted by Gasteiger charge is 2.37. The van der Waals surface area contributed by atoms with Gasteiger partial charge >= 0.3 is 0 Å². The van der Waals surface area contributed by atoms with Crippen LogP contribution in [0.4, 0.5) is 0 Å². The van der Waals surface area contributed by atoms with Gasteiger partial charge in [-0.15, -0.1) is 0 Å². The lowest BCUT2D eigenvalue weighted by Gasteiger charge is -2.37. The third-order valence-electron chi connectivity index (χ3n) is 4.00. The number of β-amino-alcohol motifs (C(OH)–C–C–N with tert-alkyl or cyclic N) is 1.